The number of hydrogen-bond donors (Lipinski definition) is 1. The van der Waals surface area contributed by atoms with Crippen LogP contribution in [0.25, 0.3) is 0 Å². The average Bonchev–Trinajstić information content (AvgIpc) is 3.12. The van der Waals surface area contributed by atoms with E-state index < -0.39 is 0 Å². The van der Waals surface area contributed by atoms with E-state index in [-0.39, 0.29) is 5.97 Å². The van der Waals surface area contributed by atoms with Gasteiger partial charge in [-0.15, -0.1) is 0 Å². The molecule has 0 saturated carbocycles. The summed E-state index contributed by atoms with van der Waals surface area (Å²) in [7, 11) is 0. The minimum absolute atomic E-state index is 0.0230. The molecule has 0 radical (unpaired) electrons. The second-order valence-corrected chi connectivity index (χ2v) is 15.8. The van der Waals surface area contributed by atoms with Crippen LogP contribution in [-0.4, -0.2) is 24.3 Å². The SMILES string of the molecule is CCCCCCC=CCCCCCCCCCCCC(=O)OCCCCCCCCCCCCCCCCCCCCCCCCCCCO. The minimum atomic E-state index is 0.0230. The van der Waals surface area contributed by atoms with Crippen LogP contribution in [0.5, 0.6) is 0 Å². The van der Waals surface area contributed by atoms with Crippen LogP contribution in [0.15, 0.2) is 12.2 Å². The number of carbonyl (C=O) groups excluding carboxylic acids is 1. The molecular formula is C47H92O3. The lowest BCUT2D eigenvalue weighted by Crippen LogP contribution is -2.05. The Morgan fingerprint density at radius 2 is 0.660 bits per heavy atom. The van der Waals surface area contributed by atoms with Crippen LogP contribution in [0.3, 0.4) is 0 Å². The van der Waals surface area contributed by atoms with Crippen molar-refractivity contribution in [3.63, 3.8) is 0 Å². The number of esters is 1. The molecule has 0 spiro atoms. The van der Waals surface area contributed by atoms with Gasteiger partial charge in [-0.05, 0) is 44.9 Å². The summed E-state index contributed by atoms with van der Waals surface area (Å²) in [4.78, 5) is 12.0. The largest absolute Gasteiger partial charge is 0.466 e. The molecule has 0 aromatic heterocycles. The first kappa shape index (κ1) is 49.2. The van der Waals surface area contributed by atoms with Crippen molar-refractivity contribution in [2.75, 3.05) is 13.2 Å². The second-order valence-electron chi connectivity index (χ2n) is 15.8. The van der Waals surface area contributed by atoms with E-state index in [0.29, 0.717) is 19.6 Å². The lowest BCUT2D eigenvalue weighted by molar-refractivity contribution is -0.143. The van der Waals surface area contributed by atoms with Gasteiger partial charge in [-0.1, -0.05) is 231 Å². The highest BCUT2D eigenvalue weighted by Gasteiger charge is 2.03. The third kappa shape index (κ3) is 45.2. The van der Waals surface area contributed by atoms with Gasteiger partial charge in [-0.25, -0.2) is 0 Å². The molecule has 298 valence electrons. The molecule has 1 N–H and O–H groups in total. The monoisotopic (exact) mass is 705 g/mol. The summed E-state index contributed by atoms with van der Waals surface area (Å²) >= 11 is 0. The number of allylic oxidation sites excluding steroid dienone is 2. The van der Waals surface area contributed by atoms with Gasteiger partial charge >= 0.3 is 5.97 Å². The molecule has 50 heavy (non-hydrogen) atoms. The zero-order chi connectivity index (χ0) is 36.1. The van der Waals surface area contributed by atoms with Crippen LogP contribution in [0, 0.1) is 0 Å². The maximum absolute atomic E-state index is 12.0. The second kappa shape index (κ2) is 46.2. The molecule has 0 amide bonds. The topological polar surface area (TPSA) is 46.5 Å². The predicted molar refractivity (Wildman–Crippen MR) is 222 cm³/mol. The fraction of sp³-hybridized carbons (Fsp3) is 0.936. The summed E-state index contributed by atoms with van der Waals surface area (Å²) in [5.41, 5.74) is 0. The predicted octanol–water partition coefficient (Wildman–Crippen LogP) is 16.1. The van der Waals surface area contributed by atoms with Crippen molar-refractivity contribution in [2.45, 2.75) is 270 Å². The lowest BCUT2D eigenvalue weighted by atomic mass is 10.0. The molecule has 0 aliphatic rings. The Morgan fingerprint density at radius 1 is 0.380 bits per heavy atom. The number of rotatable bonds is 44. The van der Waals surface area contributed by atoms with E-state index in [2.05, 4.69) is 19.1 Å². The summed E-state index contributed by atoms with van der Waals surface area (Å²) in [6.07, 6.45) is 59.1. The molecule has 0 saturated heterocycles. The number of unbranched alkanes of at least 4 members (excludes halogenated alkanes) is 37. The molecule has 0 aliphatic carbocycles. The van der Waals surface area contributed by atoms with Crippen molar-refractivity contribution >= 4 is 5.97 Å². The molecule has 0 fully saturated rings. The van der Waals surface area contributed by atoms with Crippen molar-refractivity contribution in [3.8, 4) is 0 Å². The Balaban J connectivity index is 3.15. The molecule has 0 heterocycles. The van der Waals surface area contributed by atoms with E-state index in [1.165, 1.54) is 238 Å². The maximum atomic E-state index is 12.0. The Hall–Kier alpha value is -0.830. The zero-order valence-electron chi connectivity index (χ0n) is 34.3. The molecule has 0 aromatic rings. The van der Waals surface area contributed by atoms with Crippen LogP contribution in [0.1, 0.15) is 270 Å². The molecule has 0 atom stereocenters. The molecule has 0 aromatic carbocycles. The van der Waals surface area contributed by atoms with E-state index in [4.69, 9.17) is 9.84 Å². The van der Waals surface area contributed by atoms with E-state index >= 15 is 0 Å². The fourth-order valence-corrected chi connectivity index (χ4v) is 7.23. The molecule has 0 unspecified atom stereocenters. The summed E-state index contributed by atoms with van der Waals surface area (Å²) in [5.74, 6) is 0.0230. The van der Waals surface area contributed by atoms with Crippen molar-refractivity contribution in [2.24, 2.45) is 0 Å². The summed E-state index contributed by atoms with van der Waals surface area (Å²) < 4.78 is 5.48. The summed E-state index contributed by atoms with van der Waals surface area (Å²) in [6, 6.07) is 0. The van der Waals surface area contributed by atoms with Crippen molar-refractivity contribution in [3.05, 3.63) is 12.2 Å². The maximum Gasteiger partial charge on any atom is 0.305 e. The van der Waals surface area contributed by atoms with Gasteiger partial charge in [-0.3, -0.25) is 4.79 Å². The van der Waals surface area contributed by atoms with Crippen LogP contribution in [0.4, 0.5) is 0 Å². The average molecular weight is 705 g/mol. The lowest BCUT2D eigenvalue weighted by Gasteiger charge is -2.06. The highest BCUT2D eigenvalue weighted by molar-refractivity contribution is 5.69. The van der Waals surface area contributed by atoms with Gasteiger partial charge in [0.15, 0.2) is 0 Å². The van der Waals surface area contributed by atoms with Gasteiger partial charge < -0.3 is 9.84 Å². The smallest absolute Gasteiger partial charge is 0.305 e. The summed E-state index contributed by atoms with van der Waals surface area (Å²) in [6.45, 7) is 3.27. The molecule has 3 heteroatoms. The van der Waals surface area contributed by atoms with Crippen LogP contribution in [0.2, 0.25) is 0 Å². The van der Waals surface area contributed by atoms with Gasteiger partial charge in [0.25, 0.3) is 0 Å². The molecule has 0 aliphatic heterocycles. The normalized spacial score (nSPS) is 11.6. The Kier molecular flexibility index (Phi) is 45.4. The highest BCUT2D eigenvalue weighted by atomic mass is 16.5. The first-order valence-corrected chi connectivity index (χ1v) is 23.2. The number of carbonyl (C=O) groups is 1. The quantitative estimate of drug-likeness (QED) is 0.0390. The number of hydrogen-bond acceptors (Lipinski definition) is 3. The fourth-order valence-electron chi connectivity index (χ4n) is 7.23. The van der Waals surface area contributed by atoms with Crippen LogP contribution < -0.4 is 0 Å². The molecule has 0 bridgehead atoms. The minimum Gasteiger partial charge on any atom is -0.466 e. The Morgan fingerprint density at radius 3 is 1.00 bits per heavy atom. The van der Waals surface area contributed by atoms with E-state index in [0.717, 1.165) is 19.3 Å². The molecular weight excluding hydrogens is 613 g/mol. The third-order valence-corrected chi connectivity index (χ3v) is 10.7. The highest BCUT2D eigenvalue weighted by Crippen LogP contribution is 2.16. The van der Waals surface area contributed by atoms with Crippen LogP contribution in [-0.2, 0) is 9.53 Å². The van der Waals surface area contributed by atoms with Gasteiger partial charge in [0.2, 0.25) is 0 Å². The van der Waals surface area contributed by atoms with Gasteiger partial charge in [0, 0.05) is 13.0 Å². The molecule has 3 nitrogen and oxygen atoms in total. The summed E-state index contributed by atoms with van der Waals surface area (Å²) in [5, 5.41) is 8.81. The number of aliphatic hydroxyl groups is 1. The van der Waals surface area contributed by atoms with Crippen molar-refractivity contribution < 1.29 is 14.6 Å². The van der Waals surface area contributed by atoms with E-state index in [1.807, 2.05) is 0 Å². The van der Waals surface area contributed by atoms with E-state index in [1.54, 1.807) is 0 Å². The van der Waals surface area contributed by atoms with Crippen LogP contribution >= 0.6 is 0 Å². The number of ether oxygens (including phenoxy) is 1. The third-order valence-electron chi connectivity index (χ3n) is 10.7. The van der Waals surface area contributed by atoms with Gasteiger partial charge in [0.1, 0.15) is 0 Å². The van der Waals surface area contributed by atoms with Gasteiger partial charge in [0.05, 0.1) is 6.61 Å². The zero-order valence-corrected chi connectivity index (χ0v) is 34.3. The van der Waals surface area contributed by atoms with Crippen molar-refractivity contribution in [1.82, 2.24) is 0 Å². The standard InChI is InChI=1S/C47H92O3/c1-2-3-4-5-6-7-8-9-10-20-23-26-29-32-35-38-41-44-47(49)50-46-43-40-37-34-31-28-25-22-19-17-15-13-11-12-14-16-18-21-24-27-30-33-36-39-42-45-48/h7-8,48H,2-6,9-46H2,1H3. The Bertz CT molecular complexity index is 644. The molecule has 0 rings (SSSR count). The first-order chi connectivity index (χ1) is 24.8. The van der Waals surface area contributed by atoms with E-state index in [9.17, 15) is 4.79 Å². The Labute approximate surface area is 315 Å². The first-order valence-electron chi connectivity index (χ1n) is 23.2. The van der Waals surface area contributed by atoms with Crippen molar-refractivity contribution in [1.29, 1.82) is 0 Å². The number of aliphatic hydroxyl groups excluding tert-OH is 1. The van der Waals surface area contributed by atoms with Gasteiger partial charge in [-0.2, -0.15) is 0 Å².